The molecule has 7 heteroatoms. The molecule has 1 saturated heterocycles. The Morgan fingerprint density at radius 3 is 2.85 bits per heavy atom. The lowest BCUT2D eigenvalue weighted by Crippen LogP contribution is -2.56. The molecular formula is C13H21N5O2. The van der Waals surface area contributed by atoms with Crippen molar-refractivity contribution in [3.63, 3.8) is 0 Å². The van der Waals surface area contributed by atoms with Crippen molar-refractivity contribution in [3.05, 3.63) is 11.9 Å². The molecule has 1 aliphatic carbocycles. The molecule has 2 fully saturated rings. The summed E-state index contributed by atoms with van der Waals surface area (Å²) in [5, 5.41) is 23.6. The number of carbonyl (C=O) groups is 1. The first-order chi connectivity index (χ1) is 9.72. The molecule has 0 aromatic carbocycles. The number of hydrogen-bond donors (Lipinski definition) is 3. The highest BCUT2D eigenvalue weighted by Crippen LogP contribution is 2.31. The zero-order chi connectivity index (χ0) is 14.0. The molecule has 0 bridgehead atoms. The molecule has 3 N–H and O–H groups in total. The predicted molar refractivity (Wildman–Crippen MR) is 72.3 cm³/mol. The van der Waals surface area contributed by atoms with E-state index in [2.05, 4.69) is 20.9 Å². The number of nitrogens with one attached hydrogen (secondary N) is 2. The lowest BCUT2D eigenvalue weighted by Gasteiger charge is -2.40. The summed E-state index contributed by atoms with van der Waals surface area (Å²) in [4.78, 5) is 12.2. The summed E-state index contributed by atoms with van der Waals surface area (Å²) >= 11 is 0. The molecule has 3 rings (SSSR count). The second-order valence-electron chi connectivity index (χ2n) is 5.81. The summed E-state index contributed by atoms with van der Waals surface area (Å²) in [6.45, 7) is 1.93. The van der Waals surface area contributed by atoms with Crippen molar-refractivity contribution in [1.82, 2.24) is 25.6 Å². The third kappa shape index (κ3) is 2.55. The van der Waals surface area contributed by atoms with E-state index in [4.69, 9.17) is 0 Å². The molecule has 1 aromatic heterocycles. The van der Waals surface area contributed by atoms with Crippen LogP contribution in [0, 0.1) is 0 Å². The minimum atomic E-state index is -0.435. The fraction of sp³-hybridized carbons (Fsp3) is 0.769. The molecule has 0 spiro atoms. The maximum absolute atomic E-state index is 12.2. The quantitative estimate of drug-likeness (QED) is 0.713. The first kappa shape index (κ1) is 13.5. The lowest BCUT2D eigenvalue weighted by atomic mass is 9.77. The van der Waals surface area contributed by atoms with Gasteiger partial charge in [0.25, 0.3) is 5.91 Å². The summed E-state index contributed by atoms with van der Waals surface area (Å²) < 4.78 is 1.79. The number of piperidine rings is 1. The van der Waals surface area contributed by atoms with E-state index in [0.29, 0.717) is 11.7 Å². The highest BCUT2D eigenvalue weighted by Gasteiger charge is 2.38. The van der Waals surface area contributed by atoms with E-state index < -0.39 is 5.54 Å². The van der Waals surface area contributed by atoms with E-state index in [1.807, 2.05) is 0 Å². The standard InChI is InChI=1S/C13H21N5O2/c19-9-13(4-1-5-13)15-12(20)11-8-18(17-16-11)10-2-6-14-7-3-10/h8,10,14,19H,1-7,9H2,(H,15,20). The third-order valence-electron chi connectivity index (χ3n) is 4.42. The van der Waals surface area contributed by atoms with Gasteiger partial charge in [0.1, 0.15) is 0 Å². The molecule has 1 saturated carbocycles. The number of nitrogens with zero attached hydrogens (tertiary/aromatic N) is 3. The topological polar surface area (TPSA) is 92.1 Å². The monoisotopic (exact) mass is 279 g/mol. The number of rotatable bonds is 4. The van der Waals surface area contributed by atoms with Crippen molar-refractivity contribution in [2.45, 2.75) is 43.7 Å². The van der Waals surface area contributed by atoms with Gasteiger partial charge in [-0.3, -0.25) is 4.79 Å². The van der Waals surface area contributed by atoms with Crippen LogP contribution in [0.4, 0.5) is 0 Å². The Balaban J connectivity index is 1.65. The van der Waals surface area contributed by atoms with Gasteiger partial charge >= 0.3 is 0 Å². The van der Waals surface area contributed by atoms with Crippen LogP contribution < -0.4 is 10.6 Å². The highest BCUT2D eigenvalue weighted by atomic mass is 16.3. The van der Waals surface area contributed by atoms with E-state index in [9.17, 15) is 9.90 Å². The minimum absolute atomic E-state index is 0.0127. The van der Waals surface area contributed by atoms with Crippen molar-refractivity contribution in [2.75, 3.05) is 19.7 Å². The van der Waals surface area contributed by atoms with Gasteiger partial charge in [-0.1, -0.05) is 5.21 Å². The molecule has 1 aliphatic heterocycles. The Morgan fingerprint density at radius 1 is 1.50 bits per heavy atom. The van der Waals surface area contributed by atoms with Crippen molar-refractivity contribution >= 4 is 5.91 Å². The fourth-order valence-electron chi connectivity index (χ4n) is 2.86. The number of carbonyl (C=O) groups excluding carboxylic acids is 1. The molecule has 0 atom stereocenters. The van der Waals surface area contributed by atoms with E-state index in [0.717, 1.165) is 45.2 Å². The molecule has 2 heterocycles. The summed E-state index contributed by atoms with van der Waals surface area (Å²) in [5.74, 6) is -0.237. The zero-order valence-corrected chi connectivity index (χ0v) is 11.5. The van der Waals surface area contributed by atoms with E-state index in [1.165, 1.54) is 0 Å². The first-order valence-electron chi connectivity index (χ1n) is 7.28. The van der Waals surface area contributed by atoms with Crippen molar-refractivity contribution in [1.29, 1.82) is 0 Å². The third-order valence-corrected chi connectivity index (χ3v) is 4.42. The van der Waals surface area contributed by atoms with Gasteiger partial charge < -0.3 is 15.7 Å². The van der Waals surface area contributed by atoms with E-state index in [-0.39, 0.29) is 12.5 Å². The zero-order valence-electron chi connectivity index (χ0n) is 11.5. The van der Waals surface area contributed by atoms with E-state index in [1.54, 1.807) is 10.9 Å². The van der Waals surface area contributed by atoms with E-state index >= 15 is 0 Å². The average Bonchev–Trinajstić information content (AvgIpc) is 2.93. The Kier molecular flexibility index (Phi) is 3.71. The summed E-state index contributed by atoms with van der Waals surface area (Å²) in [6.07, 6.45) is 6.43. The van der Waals surface area contributed by atoms with Crippen LogP contribution in [0.5, 0.6) is 0 Å². The van der Waals surface area contributed by atoms with Gasteiger partial charge in [-0.05, 0) is 45.2 Å². The molecule has 7 nitrogen and oxygen atoms in total. The van der Waals surface area contributed by atoms with Crippen LogP contribution in [0.1, 0.15) is 48.6 Å². The normalized spacial score (nSPS) is 22.2. The molecule has 110 valence electrons. The van der Waals surface area contributed by atoms with Crippen LogP contribution in [-0.4, -0.2) is 51.2 Å². The number of aliphatic hydroxyl groups is 1. The van der Waals surface area contributed by atoms with Crippen molar-refractivity contribution < 1.29 is 9.90 Å². The van der Waals surface area contributed by atoms with Gasteiger partial charge in [-0.2, -0.15) is 0 Å². The Morgan fingerprint density at radius 2 is 2.25 bits per heavy atom. The SMILES string of the molecule is O=C(NC1(CO)CCC1)c1cn(C2CCNCC2)nn1. The van der Waals surface area contributed by atoms with Gasteiger partial charge in [0.15, 0.2) is 5.69 Å². The fourth-order valence-corrected chi connectivity index (χ4v) is 2.86. The largest absolute Gasteiger partial charge is 0.394 e. The van der Waals surface area contributed by atoms with Gasteiger partial charge in [-0.15, -0.1) is 5.10 Å². The Hall–Kier alpha value is -1.47. The second-order valence-corrected chi connectivity index (χ2v) is 5.81. The highest BCUT2D eigenvalue weighted by molar-refractivity contribution is 5.92. The molecule has 2 aliphatic rings. The Bertz CT molecular complexity index is 471. The van der Waals surface area contributed by atoms with Crippen LogP contribution >= 0.6 is 0 Å². The van der Waals surface area contributed by atoms with Crippen LogP contribution in [0.2, 0.25) is 0 Å². The van der Waals surface area contributed by atoms with Crippen LogP contribution in [0.3, 0.4) is 0 Å². The molecule has 0 radical (unpaired) electrons. The number of amides is 1. The summed E-state index contributed by atoms with van der Waals surface area (Å²) in [7, 11) is 0. The van der Waals surface area contributed by atoms with Gasteiger partial charge in [0.2, 0.25) is 0 Å². The molecule has 20 heavy (non-hydrogen) atoms. The second kappa shape index (κ2) is 5.49. The van der Waals surface area contributed by atoms with Crippen LogP contribution in [-0.2, 0) is 0 Å². The minimum Gasteiger partial charge on any atom is -0.394 e. The Labute approximate surface area is 117 Å². The van der Waals surface area contributed by atoms with Crippen LogP contribution in [0.25, 0.3) is 0 Å². The first-order valence-corrected chi connectivity index (χ1v) is 7.28. The molecule has 1 aromatic rings. The maximum atomic E-state index is 12.2. The van der Waals surface area contributed by atoms with Crippen LogP contribution in [0.15, 0.2) is 6.20 Å². The van der Waals surface area contributed by atoms with Gasteiger partial charge in [-0.25, -0.2) is 4.68 Å². The predicted octanol–water partition coefficient (Wildman–Crippen LogP) is -0.153. The van der Waals surface area contributed by atoms with Crippen molar-refractivity contribution in [2.24, 2.45) is 0 Å². The lowest BCUT2D eigenvalue weighted by molar-refractivity contribution is 0.0637. The summed E-state index contributed by atoms with van der Waals surface area (Å²) in [6, 6.07) is 0.320. The summed E-state index contributed by atoms with van der Waals surface area (Å²) in [5.41, 5.74) is -0.0985. The molecule has 1 amide bonds. The number of aromatic nitrogens is 3. The van der Waals surface area contributed by atoms with Gasteiger partial charge in [0, 0.05) is 0 Å². The maximum Gasteiger partial charge on any atom is 0.273 e. The molecular weight excluding hydrogens is 258 g/mol. The number of aliphatic hydroxyl groups excluding tert-OH is 1. The number of hydrogen-bond acceptors (Lipinski definition) is 5. The van der Waals surface area contributed by atoms with Gasteiger partial charge in [0.05, 0.1) is 24.4 Å². The molecule has 0 unspecified atom stereocenters. The smallest absolute Gasteiger partial charge is 0.273 e. The van der Waals surface area contributed by atoms with Crippen molar-refractivity contribution in [3.8, 4) is 0 Å². The average molecular weight is 279 g/mol.